The minimum absolute atomic E-state index is 0.0134. The number of hydroxylamine groups is 2. The van der Waals surface area contributed by atoms with Gasteiger partial charge in [0.05, 0.1) is 18.5 Å². The molecule has 2 aromatic rings. The molecule has 2 atom stereocenters. The third kappa shape index (κ3) is 3.99. The maximum Gasteiger partial charge on any atom is 0.233 e. The van der Waals surface area contributed by atoms with Crippen LogP contribution in [-0.2, 0) is 9.59 Å². The lowest BCUT2D eigenvalue weighted by Crippen LogP contribution is -2.45. The van der Waals surface area contributed by atoms with Gasteiger partial charge in [-0.25, -0.2) is 5.06 Å². The van der Waals surface area contributed by atoms with Crippen molar-refractivity contribution in [3.8, 4) is 0 Å². The van der Waals surface area contributed by atoms with Gasteiger partial charge in [-0.2, -0.15) is 0 Å². The fraction of sp³-hybridized carbons (Fsp3) is 0.462. The summed E-state index contributed by atoms with van der Waals surface area (Å²) in [5.41, 5.74) is 3.31. The highest BCUT2D eigenvalue weighted by molar-refractivity contribution is 6.03. The first-order valence-corrected chi connectivity index (χ1v) is 11.9. The number of amides is 2. The van der Waals surface area contributed by atoms with Crippen LogP contribution in [-0.4, -0.2) is 46.6 Å². The number of benzene rings is 2. The first-order valence-electron chi connectivity index (χ1n) is 11.9. The molecule has 5 rings (SSSR count). The van der Waals surface area contributed by atoms with Gasteiger partial charge in [0, 0.05) is 23.3 Å². The third-order valence-corrected chi connectivity index (χ3v) is 7.39. The van der Waals surface area contributed by atoms with Crippen LogP contribution in [0.4, 0.5) is 5.69 Å². The van der Waals surface area contributed by atoms with E-state index in [1.165, 1.54) is 29.2 Å². The van der Waals surface area contributed by atoms with Gasteiger partial charge >= 0.3 is 0 Å². The smallest absolute Gasteiger partial charge is 0.233 e. The van der Waals surface area contributed by atoms with E-state index in [0.29, 0.717) is 23.9 Å². The minimum atomic E-state index is -0.367. The van der Waals surface area contributed by atoms with Crippen molar-refractivity contribution < 1.29 is 14.8 Å². The van der Waals surface area contributed by atoms with Crippen LogP contribution in [0, 0.1) is 11.8 Å². The molecule has 32 heavy (non-hydrogen) atoms. The van der Waals surface area contributed by atoms with Crippen LogP contribution in [0.25, 0.3) is 16.8 Å². The fourth-order valence-electron chi connectivity index (χ4n) is 5.89. The molecule has 2 amide bonds. The van der Waals surface area contributed by atoms with E-state index in [9.17, 15) is 14.8 Å². The van der Waals surface area contributed by atoms with Gasteiger partial charge in [-0.05, 0) is 48.3 Å². The molecule has 1 aliphatic carbocycles. The molecule has 0 bridgehead atoms. The maximum absolute atomic E-state index is 13.7. The Balaban J connectivity index is 1.40. The number of hydrogen-bond donors (Lipinski definition) is 2. The average Bonchev–Trinajstić information content (AvgIpc) is 3.50. The Bertz CT molecular complexity index is 1040. The van der Waals surface area contributed by atoms with Crippen molar-refractivity contribution >= 4 is 34.9 Å². The van der Waals surface area contributed by atoms with Crippen LogP contribution in [0.1, 0.15) is 50.5 Å². The summed E-state index contributed by atoms with van der Waals surface area (Å²) in [6.45, 7) is 0.777. The van der Waals surface area contributed by atoms with E-state index in [4.69, 9.17) is 0 Å². The van der Waals surface area contributed by atoms with Crippen LogP contribution >= 0.6 is 0 Å². The highest BCUT2D eigenvalue weighted by Gasteiger charge is 2.37. The number of rotatable bonds is 7. The van der Waals surface area contributed by atoms with E-state index in [0.717, 1.165) is 43.5 Å². The van der Waals surface area contributed by atoms with E-state index in [1.54, 1.807) is 0 Å². The fourth-order valence-corrected chi connectivity index (χ4v) is 5.89. The van der Waals surface area contributed by atoms with Crippen molar-refractivity contribution in [3.63, 3.8) is 0 Å². The molecule has 2 N–H and O–H groups in total. The number of anilines is 1. The van der Waals surface area contributed by atoms with Crippen LogP contribution in [0.5, 0.6) is 0 Å². The van der Waals surface area contributed by atoms with E-state index in [2.05, 4.69) is 47.8 Å². The van der Waals surface area contributed by atoms with E-state index < -0.39 is 0 Å². The quantitative estimate of drug-likeness (QED) is 0.379. The van der Waals surface area contributed by atoms with Crippen molar-refractivity contribution in [1.29, 1.82) is 0 Å². The Kier molecular flexibility index (Phi) is 5.87. The number of nitrogens with zero attached hydrogens (tertiary/aromatic N) is 2. The zero-order chi connectivity index (χ0) is 22.1. The first-order chi connectivity index (χ1) is 15.6. The summed E-state index contributed by atoms with van der Waals surface area (Å²) >= 11 is 0. The zero-order valence-electron chi connectivity index (χ0n) is 18.4. The van der Waals surface area contributed by atoms with Gasteiger partial charge in [-0.3, -0.25) is 14.8 Å². The van der Waals surface area contributed by atoms with E-state index in [1.807, 2.05) is 4.90 Å². The lowest BCUT2D eigenvalue weighted by Gasteiger charge is -2.33. The molecule has 1 saturated carbocycles. The van der Waals surface area contributed by atoms with Gasteiger partial charge in [-0.1, -0.05) is 56.0 Å². The van der Waals surface area contributed by atoms with Gasteiger partial charge < -0.3 is 10.2 Å². The van der Waals surface area contributed by atoms with Crippen LogP contribution in [0.15, 0.2) is 42.1 Å². The summed E-state index contributed by atoms with van der Waals surface area (Å²) in [5.74, 6) is 0.190. The van der Waals surface area contributed by atoms with Gasteiger partial charge in [0.1, 0.15) is 0 Å². The molecule has 2 aromatic carbocycles. The molecule has 6 nitrogen and oxygen atoms in total. The highest BCUT2D eigenvalue weighted by Crippen LogP contribution is 2.38. The van der Waals surface area contributed by atoms with Gasteiger partial charge in [-0.15, -0.1) is 0 Å². The minimum Gasteiger partial charge on any atom is -0.357 e. The second-order valence-electron chi connectivity index (χ2n) is 9.48. The molecule has 0 unspecified atom stereocenters. The second kappa shape index (κ2) is 8.94. The van der Waals surface area contributed by atoms with Gasteiger partial charge in [0.25, 0.3) is 0 Å². The molecule has 0 aromatic heterocycles. The Morgan fingerprint density at radius 1 is 1.16 bits per heavy atom. The highest BCUT2D eigenvalue weighted by atomic mass is 16.5. The molecule has 6 heteroatoms. The SMILES string of the molecule is O=CN(O)C[C@H](CC1CCCC1)C(=O)N1CCC[C@H]1C1=Cc2cccc3cccc(c23)N1. The molecule has 0 spiro atoms. The van der Waals surface area contributed by atoms with Crippen molar-refractivity contribution in [2.75, 3.05) is 18.4 Å². The average molecular weight is 434 g/mol. The maximum atomic E-state index is 13.7. The Morgan fingerprint density at radius 3 is 2.72 bits per heavy atom. The monoisotopic (exact) mass is 433 g/mol. The summed E-state index contributed by atoms with van der Waals surface area (Å²) in [5, 5.41) is 16.5. The number of likely N-dealkylation sites (tertiary alicyclic amines) is 1. The molecular formula is C26H31N3O3. The summed E-state index contributed by atoms with van der Waals surface area (Å²) in [6.07, 6.45) is 9.86. The molecule has 2 fully saturated rings. The van der Waals surface area contributed by atoms with Gasteiger partial charge in [0.15, 0.2) is 0 Å². The Morgan fingerprint density at radius 2 is 1.94 bits per heavy atom. The van der Waals surface area contributed by atoms with Crippen molar-refractivity contribution in [1.82, 2.24) is 9.96 Å². The molecule has 2 aliphatic heterocycles. The first kappa shape index (κ1) is 21.0. The van der Waals surface area contributed by atoms with Crippen molar-refractivity contribution in [3.05, 3.63) is 47.7 Å². The standard InChI is InChI=1S/C26H31N3O3/c30-17-28(32)16-21(14-18-6-1-2-7-18)26(31)29-13-5-12-24(29)23-15-20-10-3-8-19-9-4-11-22(27-23)25(19)20/h3-4,8-11,15,17-18,21,24,27,32H,1-2,5-7,12-14,16H2/t21-,24-/m0/s1. The molecule has 2 heterocycles. The summed E-state index contributed by atoms with van der Waals surface area (Å²) in [4.78, 5) is 26.7. The van der Waals surface area contributed by atoms with Gasteiger partial charge in [0.2, 0.25) is 12.3 Å². The largest absolute Gasteiger partial charge is 0.357 e. The molecule has 1 saturated heterocycles. The lowest BCUT2D eigenvalue weighted by molar-refractivity contribution is -0.157. The van der Waals surface area contributed by atoms with E-state index >= 15 is 0 Å². The normalized spacial score (nSPS) is 21.3. The molecule has 0 radical (unpaired) electrons. The third-order valence-electron chi connectivity index (χ3n) is 7.39. The van der Waals surface area contributed by atoms with Crippen LogP contribution in [0.2, 0.25) is 0 Å². The van der Waals surface area contributed by atoms with Crippen molar-refractivity contribution in [2.45, 2.75) is 51.0 Å². The molecule has 3 aliphatic rings. The van der Waals surface area contributed by atoms with Crippen molar-refractivity contribution in [2.24, 2.45) is 11.8 Å². The van der Waals surface area contributed by atoms with Crippen LogP contribution < -0.4 is 5.32 Å². The number of carbonyl (C=O) groups excluding carboxylic acids is 2. The van der Waals surface area contributed by atoms with E-state index in [-0.39, 0.29) is 24.4 Å². The van der Waals surface area contributed by atoms with Crippen LogP contribution in [0.3, 0.4) is 0 Å². The predicted molar refractivity (Wildman–Crippen MR) is 125 cm³/mol. The molecule has 168 valence electrons. The summed E-state index contributed by atoms with van der Waals surface area (Å²) in [6, 6.07) is 12.6. The number of hydrogen-bond acceptors (Lipinski definition) is 4. The Hall–Kier alpha value is -2.86. The topological polar surface area (TPSA) is 72.9 Å². The zero-order valence-corrected chi connectivity index (χ0v) is 18.4. The lowest BCUT2D eigenvalue weighted by atomic mass is 9.91. The summed E-state index contributed by atoms with van der Waals surface area (Å²) < 4.78 is 0. The number of carbonyl (C=O) groups is 2. The Labute approximate surface area is 188 Å². The second-order valence-corrected chi connectivity index (χ2v) is 9.48. The molecular weight excluding hydrogens is 402 g/mol. The predicted octanol–water partition coefficient (Wildman–Crippen LogP) is 4.64. The number of nitrogens with one attached hydrogen (secondary N) is 1. The summed E-state index contributed by atoms with van der Waals surface area (Å²) in [7, 11) is 0.